The van der Waals surface area contributed by atoms with Gasteiger partial charge >= 0.3 is 11.9 Å². The van der Waals surface area contributed by atoms with Crippen LogP contribution in [0.1, 0.15) is 64.9 Å². The second-order valence-electron chi connectivity index (χ2n) is 11.4. The molecule has 6 nitrogen and oxygen atoms in total. The summed E-state index contributed by atoms with van der Waals surface area (Å²) >= 11 is 0. The van der Waals surface area contributed by atoms with Crippen LogP contribution in [0.2, 0.25) is 0 Å². The molecule has 41 heavy (non-hydrogen) atoms. The van der Waals surface area contributed by atoms with Gasteiger partial charge in [-0.25, -0.2) is 9.59 Å². The van der Waals surface area contributed by atoms with Gasteiger partial charge in [-0.2, -0.15) is 0 Å². The third-order valence-electron chi connectivity index (χ3n) is 9.72. The Morgan fingerprint density at radius 2 is 1.15 bits per heavy atom. The zero-order valence-corrected chi connectivity index (χ0v) is 21.6. The van der Waals surface area contributed by atoms with Crippen LogP contribution in [0.4, 0.5) is 0 Å². The first-order valence-electron chi connectivity index (χ1n) is 13.6. The first-order chi connectivity index (χ1) is 19.9. The highest BCUT2D eigenvalue weighted by Crippen LogP contribution is 2.52. The Bertz CT molecular complexity index is 2430. The summed E-state index contributed by atoms with van der Waals surface area (Å²) in [6.07, 6.45) is 3.01. The number of amides is 2. The van der Waals surface area contributed by atoms with Gasteiger partial charge in [0.25, 0.3) is 11.8 Å². The lowest BCUT2D eigenvalue weighted by Gasteiger charge is -2.34. The number of esters is 2. The minimum atomic E-state index is -0.604. The Kier molecular flexibility index (Phi) is 3.49. The average molecular weight is 532 g/mol. The molecule has 2 heterocycles. The van der Waals surface area contributed by atoms with Crippen molar-refractivity contribution < 1.29 is 23.9 Å². The topological polar surface area (TPSA) is 80.8 Å². The normalized spacial score (nSPS) is 18.1. The molecule has 0 saturated heterocycles. The number of imide groups is 1. The summed E-state index contributed by atoms with van der Waals surface area (Å²) in [5.41, 5.74) is 6.42. The van der Waals surface area contributed by atoms with Gasteiger partial charge < -0.3 is 4.74 Å². The molecule has 1 unspecified atom stereocenters. The second kappa shape index (κ2) is 6.67. The number of carbonyl (C=O) groups excluding carboxylic acids is 4. The van der Waals surface area contributed by atoms with Crippen LogP contribution < -0.4 is 5.22 Å². The molecule has 0 aromatic heterocycles. The summed E-state index contributed by atoms with van der Waals surface area (Å²) < 4.78 is 5.02. The summed E-state index contributed by atoms with van der Waals surface area (Å²) in [5, 5.41) is 8.77. The molecular weight excluding hydrogens is 514 g/mol. The molecule has 0 bridgehead atoms. The fourth-order valence-electron chi connectivity index (χ4n) is 8.04. The second-order valence-corrected chi connectivity index (χ2v) is 11.4. The van der Waals surface area contributed by atoms with E-state index in [1.54, 1.807) is 12.1 Å². The van der Waals surface area contributed by atoms with Crippen molar-refractivity contribution in [1.29, 1.82) is 0 Å². The Balaban J connectivity index is 1.38. The van der Waals surface area contributed by atoms with Gasteiger partial charge in [0.1, 0.15) is 0 Å². The maximum Gasteiger partial charge on any atom is 0.346 e. The van der Waals surface area contributed by atoms with Crippen molar-refractivity contribution >= 4 is 72.9 Å². The summed E-state index contributed by atoms with van der Waals surface area (Å²) in [5.74, 6) is -1.71. The molecule has 4 aliphatic rings. The number of cyclic esters (lactones) is 2. The molecule has 2 aliphatic heterocycles. The lowest BCUT2D eigenvalue weighted by atomic mass is 9.70. The van der Waals surface area contributed by atoms with Gasteiger partial charge in [0.2, 0.25) is 0 Å². The van der Waals surface area contributed by atoms with Crippen LogP contribution in [0.3, 0.4) is 0 Å². The smallest absolute Gasteiger partial charge is 0.346 e. The van der Waals surface area contributed by atoms with Crippen LogP contribution in [0, 0.1) is 0 Å². The number of hydrogen-bond acceptors (Lipinski definition) is 5. The van der Waals surface area contributed by atoms with Crippen LogP contribution in [-0.4, -0.2) is 35.7 Å². The first kappa shape index (κ1) is 21.5. The monoisotopic (exact) mass is 531 g/mol. The van der Waals surface area contributed by atoms with Crippen molar-refractivity contribution in [2.24, 2.45) is 0 Å². The van der Waals surface area contributed by atoms with Crippen molar-refractivity contribution in [3.05, 3.63) is 99.3 Å². The van der Waals surface area contributed by atoms with Gasteiger partial charge in [0.15, 0.2) is 0 Å². The van der Waals surface area contributed by atoms with Gasteiger partial charge in [-0.15, -0.1) is 0 Å². The van der Waals surface area contributed by atoms with E-state index >= 15 is 0 Å². The number of nitrogens with zero attached hydrogens (tertiary/aromatic N) is 1. The lowest BCUT2D eigenvalue weighted by molar-refractivity contribution is 0.0390. The largest absolute Gasteiger partial charge is 0.386 e. The van der Waals surface area contributed by atoms with Gasteiger partial charge in [0.05, 0.1) is 11.1 Å². The Morgan fingerprint density at radius 3 is 1.88 bits per heavy atom. The van der Waals surface area contributed by atoms with Crippen LogP contribution in [0.25, 0.3) is 60.3 Å². The minimum absolute atomic E-state index is 0.0554. The summed E-state index contributed by atoms with van der Waals surface area (Å²) in [7, 11) is 1.53. The summed E-state index contributed by atoms with van der Waals surface area (Å²) in [6.45, 7) is 0. The number of rotatable bonds is 0. The molecule has 0 N–H and O–H groups in total. The molecule has 6 aromatic rings. The molecule has 0 spiro atoms. The number of benzene rings is 6. The van der Waals surface area contributed by atoms with E-state index in [1.807, 2.05) is 36.4 Å². The zero-order chi connectivity index (χ0) is 27.5. The van der Waals surface area contributed by atoms with E-state index < -0.39 is 11.9 Å². The quantitative estimate of drug-likeness (QED) is 0.0808. The predicted octanol–water partition coefficient (Wildman–Crippen LogP) is 5.85. The van der Waals surface area contributed by atoms with Crippen molar-refractivity contribution in [3.8, 4) is 11.1 Å². The van der Waals surface area contributed by atoms with Crippen molar-refractivity contribution in [2.75, 3.05) is 7.05 Å². The van der Waals surface area contributed by atoms with E-state index in [2.05, 4.69) is 18.2 Å². The molecule has 0 fully saturated rings. The zero-order valence-electron chi connectivity index (χ0n) is 21.6. The molecule has 6 aromatic carbocycles. The summed E-state index contributed by atoms with van der Waals surface area (Å²) in [6, 6.07) is 19.6. The van der Waals surface area contributed by atoms with Crippen LogP contribution in [0.5, 0.6) is 0 Å². The van der Waals surface area contributed by atoms with Crippen molar-refractivity contribution in [2.45, 2.75) is 12.3 Å². The van der Waals surface area contributed by atoms with Crippen molar-refractivity contribution in [3.63, 3.8) is 0 Å². The molecule has 10 rings (SSSR count). The fraction of sp³-hybridized carbons (Fsp3) is 0.0857. The number of carbonyl (C=O) groups is 4. The highest BCUT2D eigenvalue weighted by Gasteiger charge is 2.37. The van der Waals surface area contributed by atoms with Crippen LogP contribution in [-0.2, 0) is 4.74 Å². The van der Waals surface area contributed by atoms with Crippen molar-refractivity contribution in [1.82, 2.24) is 4.90 Å². The van der Waals surface area contributed by atoms with Crippen LogP contribution in [0.15, 0.2) is 60.7 Å². The van der Waals surface area contributed by atoms with Gasteiger partial charge in [-0.1, -0.05) is 42.5 Å². The fourth-order valence-corrected chi connectivity index (χ4v) is 8.04. The Labute approximate surface area is 231 Å². The number of fused-ring (bicyclic) bond motifs is 4. The van der Waals surface area contributed by atoms with E-state index in [9.17, 15) is 19.2 Å². The molecule has 2 amide bonds. The number of hydrogen-bond donors (Lipinski definition) is 0. The summed E-state index contributed by atoms with van der Waals surface area (Å²) in [4.78, 5) is 52.7. The SMILES string of the molecule is CN1C(=O)c2ccc3c4c5c6c(ccc5c5ccc(c2c35)C1=O)-c1ccc2c3c(ccc(c13)C6CC=4)C(=O)OC2=O. The van der Waals surface area contributed by atoms with E-state index in [4.69, 9.17) is 4.74 Å². The highest BCUT2D eigenvalue weighted by atomic mass is 16.6. The highest BCUT2D eigenvalue weighted by molar-refractivity contribution is 6.34. The lowest BCUT2D eigenvalue weighted by Crippen LogP contribution is -2.37. The number of ether oxygens (including phenoxy) is 1. The average Bonchev–Trinajstić information content (AvgIpc) is 2.99. The molecule has 6 heteroatoms. The molecule has 1 atom stereocenters. The molecule has 2 aliphatic carbocycles. The Morgan fingerprint density at radius 1 is 0.585 bits per heavy atom. The van der Waals surface area contributed by atoms with Crippen LogP contribution >= 0.6 is 0 Å². The third-order valence-corrected chi connectivity index (χ3v) is 9.72. The minimum Gasteiger partial charge on any atom is -0.386 e. The first-order valence-corrected chi connectivity index (χ1v) is 13.6. The van der Waals surface area contributed by atoms with E-state index in [0.717, 1.165) is 60.6 Å². The molecule has 192 valence electrons. The third kappa shape index (κ3) is 2.23. The molecular formula is C35H17NO5. The Hall–Kier alpha value is -5.36. The van der Waals surface area contributed by atoms with Gasteiger partial charge in [-0.05, 0) is 90.5 Å². The van der Waals surface area contributed by atoms with Gasteiger partial charge in [0, 0.05) is 34.9 Å². The van der Waals surface area contributed by atoms with E-state index in [0.29, 0.717) is 27.6 Å². The molecule has 0 saturated carbocycles. The maximum absolute atomic E-state index is 13.1. The standard InChI is InChI=1S/C35H17NO5/c1-36-32(37)22-10-6-18-14-2-4-16-20-8-12-24-31-25(35(40)41-34(24)39)13-9-21(29(20)31)17-5-3-15(26(14)27(16)17)19-7-11-23(33(36)38)30(22)28(18)19/h2-4,6-13,17H,5H2,1H3. The van der Waals surface area contributed by atoms with Gasteiger partial charge in [-0.3, -0.25) is 14.5 Å². The maximum atomic E-state index is 13.1. The molecule has 0 radical (unpaired) electrons. The van der Waals surface area contributed by atoms with E-state index in [1.165, 1.54) is 22.9 Å². The van der Waals surface area contributed by atoms with E-state index in [-0.39, 0.29) is 17.7 Å². The predicted molar refractivity (Wildman–Crippen MR) is 154 cm³/mol.